The first kappa shape index (κ1) is 17.6. The van der Waals surface area contributed by atoms with E-state index in [9.17, 15) is 18.7 Å². The first-order chi connectivity index (χ1) is 12.5. The molecular formula is C19H15F2N3O2. The van der Waals surface area contributed by atoms with Crippen LogP contribution in [-0.2, 0) is 0 Å². The van der Waals surface area contributed by atoms with Crippen molar-refractivity contribution in [3.8, 4) is 11.4 Å². The molecule has 2 aromatic carbocycles. The van der Waals surface area contributed by atoms with Gasteiger partial charge in [-0.2, -0.15) is 0 Å². The van der Waals surface area contributed by atoms with E-state index in [1.807, 2.05) is 30.3 Å². The van der Waals surface area contributed by atoms with E-state index < -0.39 is 23.6 Å². The van der Waals surface area contributed by atoms with Gasteiger partial charge in [-0.15, -0.1) is 0 Å². The zero-order valence-electron chi connectivity index (χ0n) is 13.6. The summed E-state index contributed by atoms with van der Waals surface area (Å²) in [6.45, 7) is -0.162. The Kier molecular flexibility index (Phi) is 5.28. The van der Waals surface area contributed by atoms with E-state index in [1.165, 1.54) is 18.5 Å². The number of nitrogens with zero attached hydrogens (tertiary/aromatic N) is 2. The molecule has 0 radical (unpaired) electrons. The number of rotatable bonds is 5. The summed E-state index contributed by atoms with van der Waals surface area (Å²) in [7, 11) is 0. The van der Waals surface area contributed by atoms with Gasteiger partial charge in [0.15, 0.2) is 17.5 Å². The summed E-state index contributed by atoms with van der Waals surface area (Å²) in [5, 5.41) is 12.5. The molecule has 3 rings (SSSR count). The van der Waals surface area contributed by atoms with Gasteiger partial charge in [-0.05, 0) is 17.7 Å². The summed E-state index contributed by atoms with van der Waals surface area (Å²) < 4.78 is 26.1. The van der Waals surface area contributed by atoms with E-state index >= 15 is 0 Å². The van der Waals surface area contributed by atoms with Gasteiger partial charge >= 0.3 is 0 Å². The van der Waals surface area contributed by atoms with Crippen molar-refractivity contribution in [1.82, 2.24) is 15.3 Å². The molecule has 0 spiro atoms. The van der Waals surface area contributed by atoms with Crippen molar-refractivity contribution in [3.63, 3.8) is 0 Å². The Morgan fingerprint density at radius 2 is 1.73 bits per heavy atom. The normalized spacial score (nSPS) is 11.8. The van der Waals surface area contributed by atoms with Crippen LogP contribution in [0.4, 0.5) is 8.78 Å². The largest absolute Gasteiger partial charge is 0.387 e. The summed E-state index contributed by atoms with van der Waals surface area (Å²) in [5.41, 5.74) is 1.22. The second-order valence-electron chi connectivity index (χ2n) is 5.56. The van der Waals surface area contributed by atoms with E-state index in [1.54, 1.807) is 0 Å². The highest BCUT2D eigenvalue weighted by atomic mass is 19.2. The molecule has 0 unspecified atom stereocenters. The minimum absolute atomic E-state index is 0.162. The summed E-state index contributed by atoms with van der Waals surface area (Å²) in [6, 6.07) is 12.4. The van der Waals surface area contributed by atoms with Crippen molar-refractivity contribution in [2.24, 2.45) is 0 Å². The monoisotopic (exact) mass is 355 g/mol. The number of amides is 1. The molecule has 2 N–H and O–H groups in total. The molecule has 132 valence electrons. The minimum atomic E-state index is -1.17. The van der Waals surface area contributed by atoms with Crippen molar-refractivity contribution in [2.75, 3.05) is 6.54 Å². The molecule has 1 atom stereocenters. The van der Waals surface area contributed by atoms with Crippen LogP contribution >= 0.6 is 0 Å². The fourth-order valence-corrected chi connectivity index (χ4v) is 2.31. The second kappa shape index (κ2) is 7.79. The average Bonchev–Trinajstić information content (AvgIpc) is 2.68. The molecule has 0 fully saturated rings. The fourth-order valence-electron chi connectivity index (χ4n) is 2.31. The molecule has 0 saturated heterocycles. The lowest BCUT2D eigenvalue weighted by atomic mass is 10.1. The second-order valence-corrected chi connectivity index (χ2v) is 5.56. The van der Waals surface area contributed by atoms with Crippen LogP contribution in [0.3, 0.4) is 0 Å². The summed E-state index contributed by atoms with van der Waals surface area (Å²) >= 11 is 0. The Labute approximate surface area is 148 Å². The van der Waals surface area contributed by atoms with Crippen LogP contribution in [0, 0.1) is 11.6 Å². The zero-order chi connectivity index (χ0) is 18.5. The van der Waals surface area contributed by atoms with E-state index in [-0.39, 0.29) is 17.7 Å². The summed E-state index contributed by atoms with van der Waals surface area (Å²) in [5.74, 6) is -2.05. The molecular weight excluding hydrogens is 340 g/mol. The van der Waals surface area contributed by atoms with Crippen LogP contribution in [0.5, 0.6) is 0 Å². The number of nitrogens with one attached hydrogen (secondary N) is 1. The van der Waals surface area contributed by atoms with Crippen molar-refractivity contribution >= 4 is 5.91 Å². The van der Waals surface area contributed by atoms with Crippen LogP contribution in [0.25, 0.3) is 11.4 Å². The molecule has 0 aliphatic rings. The highest BCUT2D eigenvalue weighted by Crippen LogP contribution is 2.16. The zero-order valence-corrected chi connectivity index (χ0v) is 13.6. The molecule has 1 aromatic heterocycles. The molecule has 1 amide bonds. The van der Waals surface area contributed by atoms with Crippen molar-refractivity contribution in [1.29, 1.82) is 0 Å². The lowest BCUT2D eigenvalue weighted by molar-refractivity contribution is 0.0915. The van der Waals surface area contributed by atoms with Gasteiger partial charge < -0.3 is 10.4 Å². The Bertz CT molecular complexity index is 902. The maximum absolute atomic E-state index is 13.2. The van der Waals surface area contributed by atoms with E-state index in [2.05, 4.69) is 15.3 Å². The van der Waals surface area contributed by atoms with Crippen LogP contribution < -0.4 is 5.32 Å². The van der Waals surface area contributed by atoms with Gasteiger partial charge in [-0.3, -0.25) is 4.79 Å². The maximum atomic E-state index is 13.2. The van der Waals surface area contributed by atoms with Crippen LogP contribution in [0.15, 0.2) is 60.9 Å². The van der Waals surface area contributed by atoms with Gasteiger partial charge in [0.1, 0.15) is 0 Å². The van der Waals surface area contributed by atoms with Crippen LogP contribution in [0.2, 0.25) is 0 Å². The number of aromatic nitrogens is 2. The topological polar surface area (TPSA) is 75.1 Å². The van der Waals surface area contributed by atoms with Gasteiger partial charge in [0.25, 0.3) is 5.91 Å². The summed E-state index contributed by atoms with van der Waals surface area (Å²) in [4.78, 5) is 20.4. The molecule has 0 aliphatic carbocycles. The highest BCUT2D eigenvalue weighted by molar-refractivity contribution is 5.93. The Morgan fingerprint density at radius 1 is 1.04 bits per heavy atom. The molecule has 26 heavy (non-hydrogen) atoms. The van der Waals surface area contributed by atoms with E-state index in [4.69, 9.17) is 0 Å². The van der Waals surface area contributed by atoms with Gasteiger partial charge in [0.05, 0.1) is 11.7 Å². The predicted octanol–water partition coefficient (Wildman–Crippen LogP) is 2.89. The standard InChI is InChI=1S/C19H15F2N3O2/c20-15-7-6-13(8-16(15)21)17(25)11-24-19(26)14-9-22-18(23-10-14)12-4-2-1-3-5-12/h1-10,17,25H,11H2,(H,24,26)/t17-/m0/s1. The van der Waals surface area contributed by atoms with E-state index in [0.717, 1.165) is 17.7 Å². The average molecular weight is 355 g/mol. The maximum Gasteiger partial charge on any atom is 0.254 e. The van der Waals surface area contributed by atoms with Gasteiger partial charge in [0.2, 0.25) is 0 Å². The Hall–Kier alpha value is -3.19. The molecule has 5 nitrogen and oxygen atoms in total. The van der Waals surface area contributed by atoms with Gasteiger partial charge in [-0.25, -0.2) is 18.7 Å². The molecule has 0 saturated carbocycles. The van der Waals surface area contributed by atoms with Crippen molar-refractivity contribution in [3.05, 3.63) is 83.7 Å². The number of halogens is 2. The molecule has 0 bridgehead atoms. The number of carbonyl (C=O) groups is 1. The van der Waals surface area contributed by atoms with Gasteiger partial charge in [0, 0.05) is 24.5 Å². The molecule has 1 heterocycles. The third-order valence-corrected chi connectivity index (χ3v) is 3.73. The van der Waals surface area contributed by atoms with Crippen LogP contribution in [-0.4, -0.2) is 27.5 Å². The Morgan fingerprint density at radius 3 is 2.38 bits per heavy atom. The van der Waals surface area contributed by atoms with Crippen molar-refractivity contribution in [2.45, 2.75) is 6.10 Å². The number of carbonyl (C=O) groups excluding carboxylic acids is 1. The smallest absolute Gasteiger partial charge is 0.254 e. The number of hydrogen-bond donors (Lipinski definition) is 2. The fraction of sp³-hybridized carbons (Fsp3) is 0.105. The minimum Gasteiger partial charge on any atom is -0.387 e. The number of hydrogen-bond acceptors (Lipinski definition) is 4. The number of aliphatic hydroxyl groups excluding tert-OH is 1. The third-order valence-electron chi connectivity index (χ3n) is 3.73. The molecule has 7 heteroatoms. The van der Waals surface area contributed by atoms with E-state index in [0.29, 0.717) is 5.82 Å². The van der Waals surface area contributed by atoms with Crippen molar-refractivity contribution < 1.29 is 18.7 Å². The lowest BCUT2D eigenvalue weighted by Crippen LogP contribution is -2.28. The van der Waals surface area contributed by atoms with Gasteiger partial charge in [-0.1, -0.05) is 36.4 Å². The quantitative estimate of drug-likeness (QED) is 0.738. The number of benzene rings is 2. The first-order valence-corrected chi connectivity index (χ1v) is 7.83. The molecule has 0 aliphatic heterocycles. The SMILES string of the molecule is O=C(NC[C@H](O)c1ccc(F)c(F)c1)c1cnc(-c2ccccc2)nc1. The highest BCUT2D eigenvalue weighted by Gasteiger charge is 2.14. The number of aliphatic hydroxyl groups is 1. The van der Waals surface area contributed by atoms with Crippen LogP contribution in [0.1, 0.15) is 22.0 Å². The third kappa shape index (κ3) is 4.07. The summed E-state index contributed by atoms with van der Waals surface area (Å²) in [6.07, 6.45) is 1.60. The predicted molar refractivity (Wildman–Crippen MR) is 91.1 cm³/mol. The Balaban J connectivity index is 1.62. The molecule has 3 aromatic rings. The lowest BCUT2D eigenvalue weighted by Gasteiger charge is -2.12. The first-order valence-electron chi connectivity index (χ1n) is 7.83.